The molecule has 0 saturated carbocycles. The summed E-state index contributed by atoms with van der Waals surface area (Å²) in [6.45, 7) is 3.55. The van der Waals surface area contributed by atoms with Crippen molar-refractivity contribution in [2.45, 2.75) is 39.2 Å². The third-order valence-corrected chi connectivity index (χ3v) is 4.69. The molecular weight excluding hydrogens is 358 g/mol. The number of ketones is 1. The molecule has 0 aliphatic carbocycles. The van der Waals surface area contributed by atoms with Gasteiger partial charge in [0.15, 0.2) is 6.10 Å². The molecule has 28 heavy (non-hydrogen) atoms. The molecule has 1 aliphatic heterocycles. The van der Waals surface area contributed by atoms with Crippen LogP contribution in [0.2, 0.25) is 0 Å². The number of carbonyl (C=O) groups is 4. The molecule has 0 aromatic heterocycles. The Morgan fingerprint density at radius 3 is 2.25 bits per heavy atom. The van der Waals surface area contributed by atoms with Crippen molar-refractivity contribution in [3.8, 4) is 0 Å². The molecule has 3 rings (SSSR count). The molecule has 1 atom stereocenters. The molecular formula is C22H21NO5. The van der Waals surface area contributed by atoms with Gasteiger partial charge < -0.3 is 4.74 Å². The van der Waals surface area contributed by atoms with Crippen molar-refractivity contribution in [3.05, 3.63) is 65.2 Å². The number of carbonyl (C=O) groups excluding carboxylic acids is 4. The lowest BCUT2D eigenvalue weighted by atomic mass is 10.0. The Bertz CT molecular complexity index is 916. The predicted octanol–water partition coefficient (Wildman–Crippen LogP) is 3.33. The van der Waals surface area contributed by atoms with Crippen molar-refractivity contribution in [2.24, 2.45) is 0 Å². The Hall–Kier alpha value is -3.28. The van der Waals surface area contributed by atoms with Crippen molar-refractivity contribution in [3.63, 3.8) is 0 Å². The molecule has 2 aromatic carbocycles. The third-order valence-electron chi connectivity index (χ3n) is 4.69. The van der Waals surface area contributed by atoms with Gasteiger partial charge in [0.25, 0.3) is 0 Å². The Balaban J connectivity index is 1.71. The van der Waals surface area contributed by atoms with Gasteiger partial charge >= 0.3 is 5.97 Å². The summed E-state index contributed by atoms with van der Waals surface area (Å²) in [5, 5.41) is 0. The zero-order valence-corrected chi connectivity index (χ0v) is 15.8. The number of nitrogens with zero attached hydrogens (tertiary/aromatic N) is 1. The first kappa shape index (κ1) is 19.5. The molecule has 6 heteroatoms. The van der Waals surface area contributed by atoms with E-state index in [1.165, 1.54) is 19.1 Å². The molecule has 0 spiro atoms. The van der Waals surface area contributed by atoms with Gasteiger partial charge in [-0.1, -0.05) is 37.3 Å². The summed E-state index contributed by atoms with van der Waals surface area (Å²) in [4.78, 5) is 49.8. The first-order chi connectivity index (χ1) is 13.4. The van der Waals surface area contributed by atoms with Crippen LogP contribution in [0.3, 0.4) is 0 Å². The maximum Gasteiger partial charge on any atom is 0.338 e. The number of hydrogen-bond acceptors (Lipinski definition) is 5. The number of Topliss-reactive ketones (excluding diaryl/α,β-unsaturated/α-hetero) is 1. The zero-order chi connectivity index (χ0) is 20.3. The Labute approximate surface area is 163 Å². The summed E-state index contributed by atoms with van der Waals surface area (Å²) >= 11 is 0. The third kappa shape index (κ3) is 4.01. The molecule has 1 saturated heterocycles. The highest BCUT2D eigenvalue weighted by Gasteiger charge is 2.30. The number of benzene rings is 2. The van der Waals surface area contributed by atoms with Crippen molar-refractivity contribution in [1.82, 2.24) is 0 Å². The second-order valence-electron chi connectivity index (χ2n) is 6.64. The van der Waals surface area contributed by atoms with Crippen LogP contribution in [-0.2, 0) is 20.7 Å². The van der Waals surface area contributed by atoms with Gasteiger partial charge in [0.1, 0.15) is 0 Å². The van der Waals surface area contributed by atoms with E-state index >= 15 is 0 Å². The van der Waals surface area contributed by atoms with E-state index < -0.39 is 12.1 Å². The largest absolute Gasteiger partial charge is 0.451 e. The van der Waals surface area contributed by atoms with Crippen LogP contribution in [0.15, 0.2) is 48.5 Å². The highest BCUT2D eigenvalue weighted by Crippen LogP contribution is 2.24. The van der Waals surface area contributed by atoms with Crippen molar-refractivity contribution >= 4 is 29.3 Å². The van der Waals surface area contributed by atoms with E-state index in [2.05, 4.69) is 0 Å². The van der Waals surface area contributed by atoms with E-state index in [1.807, 2.05) is 19.1 Å². The average Bonchev–Trinajstić information content (AvgIpc) is 3.05. The number of amides is 2. The number of esters is 1. The summed E-state index contributed by atoms with van der Waals surface area (Å²) in [6, 6.07) is 13.3. The maximum absolute atomic E-state index is 12.5. The fraction of sp³-hybridized carbons (Fsp3) is 0.273. The van der Waals surface area contributed by atoms with Gasteiger partial charge in [0.05, 0.1) is 11.3 Å². The predicted molar refractivity (Wildman–Crippen MR) is 103 cm³/mol. The van der Waals surface area contributed by atoms with Gasteiger partial charge in [-0.3, -0.25) is 19.3 Å². The van der Waals surface area contributed by atoms with Crippen molar-refractivity contribution in [2.75, 3.05) is 4.90 Å². The number of anilines is 1. The van der Waals surface area contributed by atoms with E-state index in [1.54, 1.807) is 24.3 Å². The topological polar surface area (TPSA) is 80.8 Å². The molecule has 1 aliphatic rings. The Morgan fingerprint density at radius 2 is 1.64 bits per heavy atom. The molecule has 1 heterocycles. The molecule has 0 unspecified atom stereocenters. The number of imide groups is 1. The SMILES string of the molecule is CCc1ccc(C(=O)[C@H](C)OC(=O)c2cccc(N3C(=O)CCC3=O)c2)cc1. The van der Waals surface area contributed by atoms with Crippen LogP contribution in [0.1, 0.15) is 53.0 Å². The van der Waals surface area contributed by atoms with E-state index in [4.69, 9.17) is 4.74 Å². The minimum absolute atomic E-state index is 0.163. The highest BCUT2D eigenvalue weighted by molar-refractivity contribution is 6.20. The summed E-state index contributed by atoms with van der Waals surface area (Å²) in [6.07, 6.45) is 0.238. The van der Waals surface area contributed by atoms with Crippen LogP contribution >= 0.6 is 0 Å². The first-order valence-electron chi connectivity index (χ1n) is 9.20. The number of ether oxygens (including phenoxy) is 1. The van der Waals surface area contributed by atoms with Crippen LogP contribution in [0.5, 0.6) is 0 Å². The van der Waals surface area contributed by atoms with Crippen LogP contribution in [0.4, 0.5) is 5.69 Å². The van der Waals surface area contributed by atoms with Crippen LogP contribution < -0.4 is 4.90 Å². The van der Waals surface area contributed by atoms with Crippen molar-refractivity contribution < 1.29 is 23.9 Å². The molecule has 6 nitrogen and oxygen atoms in total. The molecule has 2 aromatic rings. The van der Waals surface area contributed by atoms with E-state index in [0.29, 0.717) is 11.3 Å². The standard InChI is InChI=1S/C22H21NO5/c1-3-15-7-9-16(10-8-15)21(26)14(2)28-22(27)17-5-4-6-18(13-17)23-19(24)11-12-20(23)25/h4-10,13-14H,3,11-12H2,1-2H3/t14-/m0/s1. The van der Waals surface area contributed by atoms with E-state index in [9.17, 15) is 19.2 Å². The maximum atomic E-state index is 12.5. The normalized spacial score (nSPS) is 14.9. The number of hydrogen-bond donors (Lipinski definition) is 0. The molecule has 0 bridgehead atoms. The monoisotopic (exact) mass is 379 g/mol. The summed E-state index contributed by atoms with van der Waals surface area (Å²) in [5.74, 6) is -1.58. The fourth-order valence-corrected chi connectivity index (χ4v) is 3.06. The highest BCUT2D eigenvalue weighted by atomic mass is 16.5. The lowest BCUT2D eigenvalue weighted by Gasteiger charge is -2.16. The molecule has 1 fully saturated rings. The number of aryl methyl sites for hydroxylation is 1. The first-order valence-corrected chi connectivity index (χ1v) is 9.20. The zero-order valence-electron chi connectivity index (χ0n) is 15.8. The second-order valence-corrected chi connectivity index (χ2v) is 6.64. The van der Waals surface area contributed by atoms with E-state index in [0.717, 1.165) is 16.9 Å². The fourth-order valence-electron chi connectivity index (χ4n) is 3.06. The Morgan fingerprint density at radius 1 is 1.00 bits per heavy atom. The lowest BCUT2D eigenvalue weighted by Crippen LogP contribution is -2.29. The number of rotatable bonds is 6. The van der Waals surface area contributed by atoms with Gasteiger partial charge in [-0.05, 0) is 37.1 Å². The smallest absolute Gasteiger partial charge is 0.338 e. The molecule has 144 valence electrons. The Kier molecular flexibility index (Phi) is 5.68. The second kappa shape index (κ2) is 8.17. The van der Waals surface area contributed by atoms with Gasteiger partial charge in [-0.2, -0.15) is 0 Å². The van der Waals surface area contributed by atoms with Gasteiger partial charge in [-0.15, -0.1) is 0 Å². The van der Waals surface area contributed by atoms with E-state index in [-0.39, 0.29) is 36.0 Å². The van der Waals surface area contributed by atoms with Crippen LogP contribution in [0.25, 0.3) is 0 Å². The van der Waals surface area contributed by atoms with Gasteiger partial charge in [0, 0.05) is 18.4 Å². The van der Waals surface area contributed by atoms with Crippen LogP contribution in [-0.4, -0.2) is 29.7 Å². The van der Waals surface area contributed by atoms with Crippen LogP contribution in [0, 0.1) is 0 Å². The van der Waals surface area contributed by atoms with Gasteiger partial charge in [-0.25, -0.2) is 4.79 Å². The summed E-state index contributed by atoms with van der Waals surface area (Å²) < 4.78 is 5.30. The minimum atomic E-state index is -0.960. The quantitative estimate of drug-likeness (QED) is 0.437. The summed E-state index contributed by atoms with van der Waals surface area (Å²) in [7, 11) is 0. The minimum Gasteiger partial charge on any atom is -0.451 e. The van der Waals surface area contributed by atoms with Gasteiger partial charge in [0.2, 0.25) is 17.6 Å². The lowest BCUT2D eigenvalue weighted by molar-refractivity contribution is -0.121. The molecule has 0 radical (unpaired) electrons. The molecule has 2 amide bonds. The molecule has 0 N–H and O–H groups in total. The van der Waals surface area contributed by atoms with Crippen molar-refractivity contribution in [1.29, 1.82) is 0 Å². The summed E-state index contributed by atoms with van der Waals surface area (Å²) in [5.41, 5.74) is 2.09. The average molecular weight is 379 g/mol.